The minimum atomic E-state index is -0.721. The summed E-state index contributed by atoms with van der Waals surface area (Å²) in [6.45, 7) is 6.63. The largest absolute Gasteiger partial charge is 0.453 e. The third kappa shape index (κ3) is 4.35. The van der Waals surface area contributed by atoms with Gasteiger partial charge in [0.15, 0.2) is 6.04 Å². The molecule has 20 heavy (non-hydrogen) atoms. The number of benzene rings is 1. The van der Waals surface area contributed by atoms with Crippen molar-refractivity contribution in [1.82, 2.24) is 5.32 Å². The lowest BCUT2D eigenvalue weighted by atomic mass is 10.0. The van der Waals surface area contributed by atoms with E-state index in [1.807, 2.05) is 7.05 Å². The van der Waals surface area contributed by atoms with Gasteiger partial charge in [0.05, 0.1) is 14.2 Å². The molecule has 5 heteroatoms. The van der Waals surface area contributed by atoms with Crippen LogP contribution in [-0.2, 0) is 16.1 Å². The standard InChI is InChI=1S/C15H22N2O3/c1-10-6-7-13(11(2)8-10)9-17(4)12(3)14(18)16-15(19)20-5/h6-8,12H,9H2,1-5H3,(H,16,18,19)/p+1/t12-/m1/s1. The van der Waals surface area contributed by atoms with Crippen LogP contribution >= 0.6 is 0 Å². The van der Waals surface area contributed by atoms with E-state index in [0.717, 1.165) is 11.4 Å². The van der Waals surface area contributed by atoms with Gasteiger partial charge in [0.25, 0.3) is 5.91 Å². The first-order chi connectivity index (χ1) is 9.35. The van der Waals surface area contributed by atoms with Crippen molar-refractivity contribution in [2.45, 2.75) is 33.4 Å². The fourth-order valence-electron chi connectivity index (χ4n) is 1.98. The average molecular weight is 279 g/mol. The molecular formula is C15H23N2O3+. The Labute approximate surface area is 119 Å². The van der Waals surface area contributed by atoms with E-state index in [1.54, 1.807) is 6.92 Å². The van der Waals surface area contributed by atoms with E-state index in [4.69, 9.17) is 0 Å². The van der Waals surface area contributed by atoms with Crippen LogP contribution in [0.3, 0.4) is 0 Å². The maximum atomic E-state index is 11.9. The van der Waals surface area contributed by atoms with Gasteiger partial charge in [-0.1, -0.05) is 23.8 Å². The fourth-order valence-corrected chi connectivity index (χ4v) is 1.98. The Hall–Kier alpha value is -1.88. The quantitative estimate of drug-likeness (QED) is 0.848. The highest BCUT2D eigenvalue weighted by Gasteiger charge is 2.24. The number of quaternary nitrogens is 1. The van der Waals surface area contributed by atoms with Crippen molar-refractivity contribution >= 4 is 12.0 Å². The molecule has 110 valence electrons. The van der Waals surface area contributed by atoms with E-state index in [0.29, 0.717) is 0 Å². The second-order valence-corrected chi connectivity index (χ2v) is 5.16. The van der Waals surface area contributed by atoms with E-state index < -0.39 is 6.09 Å². The van der Waals surface area contributed by atoms with Gasteiger partial charge in [-0.2, -0.15) is 0 Å². The average Bonchev–Trinajstić information content (AvgIpc) is 2.40. The van der Waals surface area contributed by atoms with E-state index in [2.05, 4.69) is 42.1 Å². The van der Waals surface area contributed by atoms with Crippen molar-refractivity contribution in [1.29, 1.82) is 0 Å². The SMILES string of the molecule is COC(=O)NC(=O)[C@@H](C)[NH+](C)Cc1ccc(C)cc1C. The molecule has 0 fully saturated rings. The Morgan fingerprint density at radius 3 is 2.55 bits per heavy atom. The Bertz CT molecular complexity index is 500. The summed E-state index contributed by atoms with van der Waals surface area (Å²) in [4.78, 5) is 23.9. The zero-order valence-electron chi connectivity index (χ0n) is 12.7. The lowest BCUT2D eigenvalue weighted by Gasteiger charge is -2.21. The van der Waals surface area contributed by atoms with Gasteiger partial charge in [-0.25, -0.2) is 4.79 Å². The molecule has 0 saturated heterocycles. The smallest absolute Gasteiger partial charge is 0.413 e. The number of imide groups is 1. The number of ether oxygens (including phenoxy) is 1. The van der Waals surface area contributed by atoms with Crippen molar-refractivity contribution in [3.8, 4) is 0 Å². The van der Waals surface area contributed by atoms with Crippen LogP contribution in [-0.4, -0.2) is 32.2 Å². The first-order valence-corrected chi connectivity index (χ1v) is 6.62. The van der Waals surface area contributed by atoms with Crippen LogP contribution in [0.1, 0.15) is 23.6 Å². The number of carbonyl (C=O) groups excluding carboxylic acids is 2. The van der Waals surface area contributed by atoms with E-state index >= 15 is 0 Å². The monoisotopic (exact) mass is 279 g/mol. The molecule has 0 aliphatic rings. The molecule has 1 rings (SSSR count). The van der Waals surface area contributed by atoms with E-state index in [1.165, 1.54) is 23.8 Å². The van der Waals surface area contributed by atoms with Crippen molar-refractivity contribution in [3.05, 3.63) is 34.9 Å². The van der Waals surface area contributed by atoms with Crippen LogP contribution < -0.4 is 10.2 Å². The topological polar surface area (TPSA) is 59.8 Å². The number of carbonyl (C=O) groups is 2. The summed E-state index contributed by atoms with van der Waals surface area (Å²) in [7, 11) is 3.17. The predicted molar refractivity (Wildman–Crippen MR) is 76.5 cm³/mol. The van der Waals surface area contributed by atoms with Gasteiger partial charge < -0.3 is 9.64 Å². The Morgan fingerprint density at radius 2 is 2.00 bits per heavy atom. The molecular weight excluding hydrogens is 256 g/mol. The number of rotatable bonds is 4. The zero-order valence-corrected chi connectivity index (χ0v) is 12.7. The molecule has 0 aliphatic heterocycles. The van der Waals surface area contributed by atoms with Gasteiger partial charge in [0.2, 0.25) is 0 Å². The molecule has 0 saturated carbocycles. The molecule has 0 radical (unpaired) electrons. The molecule has 5 nitrogen and oxygen atoms in total. The van der Waals surface area contributed by atoms with Crippen LogP contribution in [0.4, 0.5) is 4.79 Å². The number of amides is 2. The molecule has 0 bridgehead atoms. The van der Waals surface area contributed by atoms with Gasteiger partial charge in [-0.05, 0) is 26.3 Å². The number of alkyl carbamates (subject to hydrolysis) is 1. The van der Waals surface area contributed by atoms with Gasteiger partial charge >= 0.3 is 6.09 Å². The third-order valence-electron chi connectivity index (χ3n) is 3.51. The fraction of sp³-hybridized carbons (Fsp3) is 0.467. The third-order valence-corrected chi connectivity index (χ3v) is 3.51. The minimum Gasteiger partial charge on any atom is -0.453 e. The lowest BCUT2D eigenvalue weighted by Crippen LogP contribution is -3.12. The Kier molecular flexibility index (Phi) is 5.70. The summed E-state index contributed by atoms with van der Waals surface area (Å²) in [5.74, 6) is -0.334. The molecule has 0 heterocycles. The summed E-state index contributed by atoms with van der Waals surface area (Å²) >= 11 is 0. The second kappa shape index (κ2) is 7.05. The lowest BCUT2D eigenvalue weighted by molar-refractivity contribution is -0.908. The normalized spacial score (nSPS) is 13.4. The number of aryl methyl sites for hydroxylation is 2. The molecule has 2 atom stereocenters. The van der Waals surface area contributed by atoms with Crippen LogP contribution in [0.15, 0.2) is 18.2 Å². The van der Waals surface area contributed by atoms with Gasteiger partial charge in [0.1, 0.15) is 6.54 Å². The Balaban J connectivity index is 2.67. The van der Waals surface area contributed by atoms with Gasteiger partial charge in [-0.3, -0.25) is 10.1 Å². The molecule has 1 aromatic rings. The highest BCUT2D eigenvalue weighted by atomic mass is 16.5. The van der Waals surface area contributed by atoms with E-state index in [9.17, 15) is 9.59 Å². The number of likely N-dealkylation sites (N-methyl/N-ethyl adjacent to an activating group) is 1. The summed E-state index contributed by atoms with van der Waals surface area (Å²) in [6.07, 6.45) is -0.721. The van der Waals surface area contributed by atoms with Gasteiger partial charge in [0, 0.05) is 5.56 Å². The number of methoxy groups -OCH3 is 1. The predicted octanol–water partition coefficient (Wildman–Crippen LogP) is 0.589. The summed E-state index contributed by atoms with van der Waals surface area (Å²) < 4.78 is 4.42. The van der Waals surface area contributed by atoms with Crippen LogP contribution in [0, 0.1) is 13.8 Å². The highest BCUT2D eigenvalue weighted by Crippen LogP contribution is 2.09. The molecule has 1 unspecified atom stereocenters. The minimum absolute atomic E-state index is 0.334. The summed E-state index contributed by atoms with van der Waals surface area (Å²) in [5.41, 5.74) is 3.64. The zero-order chi connectivity index (χ0) is 15.3. The van der Waals surface area contributed by atoms with Crippen LogP contribution in [0.25, 0.3) is 0 Å². The summed E-state index contributed by atoms with van der Waals surface area (Å²) in [6, 6.07) is 5.94. The van der Waals surface area contributed by atoms with Crippen LogP contribution in [0.2, 0.25) is 0 Å². The number of hydrogen-bond acceptors (Lipinski definition) is 3. The number of hydrogen-bond donors (Lipinski definition) is 2. The maximum absolute atomic E-state index is 11.9. The molecule has 0 aliphatic carbocycles. The highest BCUT2D eigenvalue weighted by molar-refractivity contribution is 5.93. The van der Waals surface area contributed by atoms with Crippen molar-refractivity contribution < 1.29 is 19.2 Å². The Morgan fingerprint density at radius 1 is 1.35 bits per heavy atom. The van der Waals surface area contributed by atoms with E-state index in [-0.39, 0.29) is 11.9 Å². The first kappa shape index (κ1) is 16.2. The molecule has 2 amide bonds. The molecule has 0 aromatic heterocycles. The summed E-state index contributed by atoms with van der Waals surface area (Å²) in [5, 5.41) is 2.20. The second-order valence-electron chi connectivity index (χ2n) is 5.16. The maximum Gasteiger partial charge on any atom is 0.413 e. The van der Waals surface area contributed by atoms with Crippen molar-refractivity contribution in [2.75, 3.05) is 14.2 Å². The van der Waals surface area contributed by atoms with Gasteiger partial charge in [-0.15, -0.1) is 0 Å². The van der Waals surface area contributed by atoms with Crippen molar-refractivity contribution in [3.63, 3.8) is 0 Å². The molecule has 1 aromatic carbocycles. The first-order valence-electron chi connectivity index (χ1n) is 6.62. The van der Waals surface area contributed by atoms with Crippen LogP contribution in [0.5, 0.6) is 0 Å². The number of nitrogens with one attached hydrogen (secondary N) is 2. The van der Waals surface area contributed by atoms with Crippen molar-refractivity contribution in [2.24, 2.45) is 0 Å². The molecule has 0 spiro atoms. The molecule has 2 N–H and O–H groups in total.